The molecule has 1 atom stereocenters. The number of carbonyl (C=O) groups excluding carboxylic acids is 5. The van der Waals surface area contributed by atoms with Crippen LogP contribution in [-0.4, -0.2) is 129 Å². The summed E-state index contributed by atoms with van der Waals surface area (Å²) in [5, 5.41) is 0. The van der Waals surface area contributed by atoms with Gasteiger partial charge >= 0.3 is 0 Å². The third kappa shape index (κ3) is 15.9. The molecule has 0 saturated carbocycles. The smallest absolute Gasteiger partial charge is 0.208 e. The van der Waals surface area contributed by atoms with E-state index >= 15 is 0 Å². The third-order valence-corrected chi connectivity index (χ3v) is 9.35. The first-order valence-corrected chi connectivity index (χ1v) is 20.0. The Labute approximate surface area is 359 Å². The second-order valence-electron chi connectivity index (χ2n) is 15.4. The summed E-state index contributed by atoms with van der Waals surface area (Å²) in [6.07, 6.45) is 6.41. The fraction of sp³-hybridized carbons (Fsp3) is 0.578. The predicted octanol–water partition coefficient (Wildman–Crippen LogP) is 5.78. The monoisotopic (exact) mass is 842 g/mol. The van der Waals surface area contributed by atoms with Gasteiger partial charge in [0.2, 0.25) is 5.72 Å². The van der Waals surface area contributed by atoms with Crippen molar-refractivity contribution in [3.63, 3.8) is 0 Å². The molecule has 1 spiro atoms. The van der Waals surface area contributed by atoms with Gasteiger partial charge in [0, 0.05) is 49.8 Å². The van der Waals surface area contributed by atoms with E-state index in [2.05, 4.69) is 81.1 Å². The quantitative estimate of drug-likeness (QED) is 0.0860. The minimum absolute atomic E-state index is 0. The van der Waals surface area contributed by atoms with E-state index in [-0.39, 0.29) is 79.1 Å². The number of hydrogen-bond acceptors (Lipinski definition) is 12. The molecule has 2 aliphatic heterocycles. The van der Waals surface area contributed by atoms with E-state index in [4.69, 9.17) is 14.2 Å². The Morgan fingerprint density at radius 3 is 1.88 bits per heavy atom. The molecule has 0 amide bonds. The van der Waals surface area contributed by atoms with Crippen molar-refractivity contribution in [2.75, 3.05) is 84.4 Å². The molecular formula is C45H67N4O8V-. The second-order valence-corrected chi connectivity index (χ2v) is 15.4. The van der Waals surface area contributed by atoms with Crippen molar-refractivity contribution in [2.45, 2.75) is 93.2 Å². The molecule has 12 nitrogen and oxygen atoms in total. The maximum atomic E-state index is 11.0. The molecule has 0 fully saturated rings. The van der Waals surface area contributed by atoms with Crippen LogP contribution in [0.25, 0.3) is 6.08 Å². The number of para-hydroxylation sites is 1. The van der Waals surface area contributed by atoms with E-state index in [0.29, 0.717) is 33.2 Å². The summed E-state index contributed by atoms with van der Waals surface area (Å²) in [6, 6.07) is 16.0. The van der Waals surface area contributed by atoms with Crippen LogP contribution in [0.15, 0.2) is 42.5 Å². The van der Waals surface area contributed by atoms with Crippen LogP contribution in [-0.2, 0) is 63.8 Å². The number of carbonyl (C=O) groups is 5. The molecule has 0 bridgehead atoms. The molecule has 0 N–H and O–H groups in total. The first kappa shape index (κ1) is 52.5. The number of nitrogens with zero attached hydrogens (tertiary/aromatic N) is 4. The molecule has 4 rings (SSSR count). The topological polar surface area (TPSA) is 126 Å². The zero-order valence-electron chi connectivity index (χ0n) is 36.8. The van der Waals surface area contributed by atoms with E-state index < -0.39 is 5.72 Å². The minimum atomic E-state index is -0.565. The summed E-state index contributed by atoms with van der Waals surface area (Å²) in [6.45, 7) is 23.2. The molecule has 0 aromatic heterocycles. The SMILES string of the molecule is CC(=O)CN(C)CN(CC(C)=O)CC(C)=O.CCCOCCN1c2ccccc2C(C)(C)C12C=Cc1c[c-]cc(CC)c1O2.CCOCN(CC(C)=O)CC(C)=O.[V]. The summed E-state index contributed by atoms with van der Waals surface area (Å²) in [4.78, 5) is 62.1. The molecule has 2 heterocycles. The van der Waals surface area contributed by atoms with Crippen molar-refractivity contribution >= 4 is 40.7 Å². The van der Waals surface area contributed by atoms with Crippen LogP contribution in [0.1, 0.15) is 92.3 Å². The summed E-state index contributed by atoms with van der Waals surface area (Å²) in [5.74, 6) is 1.16. The maximum Gasteiger partial charge on any atom is 0.208 e. The van der Waals surface area contributed by atoms with Crippen LogP contribution < -0.4 is 9.64 Å². The number of ketones is 5. The molecule has 0 aliphatic carbocycles. The number of Topliss-reactive ketones (excluding diaryl/α,β-unsaturated/α-hetero) is 5. The van der Waals surface area contributed by atoms with E-state index in [9.17, 15) is 24.0 Å². The first-order chi connectivity index (χ1) is 26.9. The molecule has 1 unspecified atom stereocenters. The summed E-state index contributed by atoms with van der Waals surface area (Å²) >= 11 is 0. The normalized spacial score (nSPS) is 15.7. The van der Waals surface area contributed by atoms with Gasteiger partial charge in [-0.15, -0.1) is 11.6 Å². The number of rotatable bonds is 21. The molecule has 2 aromatic carbocycles. The van der Waals surface area contributed by atoms with Gasteiger partial charge in [-0.3, -0.25) is 38.7 Å². The van der Waals surface area contributed by atoms with Crippen LogP contribution in [0.5, 0.6) is 5.75 Å². The largest absolute Gasteiger partial charge is 0.488 e. The van der Waals surface area contributed by atoms with E-state index in [1.807, 2.05) is 13.0 Å². The zero-order chi connectivity index (χ0) is 42.8. The van der Waals surface area contributed by atoms with Crippen LogP contribution in [0.4, 0.5) is 5.69 Å². The zero-order valence-corrected chi connectivity index (χ0v) is 38.2. The average Bonchev–Trinajstić information content (AvgIpc) is 3.29. The van der Waals surface area contributed by atoms with Gasteiger partial charge in [0.25, 0.3) is 0 Å². The Morgan fingerprint density at radius 1 is 0.776 bits per heavy atom. The van der Waals surface area contributed by atoms with E-state index in [0.717, 1.165) is 37.3 Å². The number of likely N-dealkylation sites (N-methyl/N-ethyl adjacent to an activating group) is 1. The maximum absolute atomic E-state index is 11.0. The van der Waals surface area contributed by atoms with Gasteiger partial charge in [-0.2, -0.15) is 18.2 Å². The summed E-state index contributed by atoms with van der Waals surface area (Å²) in [7, 11) is 1.79. The van der Waals surface area contributed by atoms with Gasteiger partial charge in [-0.1, -0.05) is 44.0 Å². The van der Waals surface area contributed by atoms with Crippen molar-refractivity contribution in [2.24, 2.45) is 0 Å². The standard InChI is InChI=1S/C25H30NO2.C11H20N2O3.C9H17NO3.V/c1-5-17-27-18-16-26-22-13-8-7-12-21(22)24(3,4)25(26)15-14-20-11-9-10-19(6-2)23(20)28-25;1-9(14)5-12(4)8-13(6-10(2)15)7-11(3)16;1-4-13-7-10(5-8(2)11)6-9(3)12;/h7-8,10-15H,5-6,16-18H2,1-4H3;5-8H2,1-4H3;4-7H2,1-3H3;/q-1;;;. The fourth-order valence-corrected chi connectivity index (χ4v) is 7.12. The average molecular weight is 843 g/mol. The van der Waals surface area contributed by atoms with Crippen LogP contribution in [0.3, 0.4) is 0 Å². The van der Waals surface area contributed by atoms with E-state index in [1.54, 1.807) is 21.7 Å². The van der Waals surface area contributed by atoms with Crippen molar-refractivity contribution in [3.05, 3.63) is 65.2 Å². The van der Waals surface area contributed by atoms with Gasteiger partial charge in [-0.05, 0) is 86.6 Å². The number of ether oxygens (including phenoxy) is 3. The number of anilines is 1. The van der Waals surface area contributed by atoms with E-state index in [1.165, 1.54) is 51.4 Å². The van der Waals surface area contributed by atoms with Gasteiger partial charge < -0.3 is 19.1 Å². The van der Waals surface area contributed by atoms with Crippen molar-refractivity contribution in [1.29, 1.82) is 0 Å². The van der Waals surface area contributed by atoms with Gasteiger partial charge in [-0.25, -0.2) is 0 Å². The second kappa shape index (κ2) is 25.9. The Morgan fingerprint density at radius 2 is 1.34 bits per heavy atom. The van der Waals surface area contributed by atoms with Crippen molar-refractivity contribution in [3.8, 4) is 5.75 Å². The molecule has 58 heavy (non-hydrogen) atoms. The van der Waals surface area contributed by atoms with Crippen LogP contribution in [0, 0.1) is 6.07 Å². The molecule has 321 valence electrons. The van der Waals surface area contributed by atoms with Gasteiger partial charge in [0.1, 0.15) is 28.9 Å². The number of aryl methyl sites for hydroxylation is 1. The predicted molar refractivity (Wildman–Crippen MR) is 226 cm³/mol. The molecular weight excluding hydrogens is 775 g/mol. The molecule has 2 aliphatic rings. The molecule has 13 heteroatoms. The van der Waals surface area contributed by atoms with Gasteiger partial charge in [0.15, 0.2) is 0 Å². The fourth-order valence-electron chi connectivity index (χ4n) is 7.12. The molecule has 1 radical (unpaired) electrons. The minimum Gasteiger partial charge on any atom is -0.488 e. The summed E-state index contributed by atoms with van der Waals surface area (Å²) < 4.78 is 17.9. The van der Waals surface area contributed by atoms with Crippen LogP contribution in [0.2, 0.25) is 0 Å². The van der Waals surface area contributed by atoms with Crippen molar-refractivity contribution < 1.29 is 56.7 Å². The Hall–Kier alpha value is -3.49. The first-order valence-electron chi connectivity index (χ1n) is 20.0. The number of hydrogen-bond donors (Lipinski definition) is 0. The molecule has 0 saturated heterocycles. The number of fused-ring (bicyclic) bond motifs is 2. The number of benzene rings is 2. The van der Waals surface area contributed by atoms with Gasteiger partial charge in [0.05, 0.1) is 58.1 Å². The summed E-state index contributed by atoms with van der Waals surface area (Å²) in [5.41, 5.74) is 4.10. The Kier molecular flexibility index (Phi) is 23.4. The Bertz CT molecular complexity index is 1650. The Balaban J connectivity index is 0.000000481. The third-order valence-electron chi connectivity index (χ3n) is 9.35. The van der Waals surface area contributed by atoms with Crippen molar-refractivity contribution in [1.82, 2.24) is 14.7 Å². The molecule has 2 aromatic rings. The van der Waals surface area contributed by atoms with Crippen LogP contribution >= 0.6 is 0 Å².